The van der Waals surface area contributed by atoms with Gasteiger partial charge in [0.05, 0.1) is 0 Å². The minimum absolute atomic E-state index is 1.20. The molecule has 0 unspecified atom stereocenters. The summed E-state index contributed by atoms with van der Waals surface area (Å²) >= 11 is 0. The highest BCUT2D eigenvalue weighted by Gasteiger charge is 2.10. The summed E-state index contributed by atoms with van der Waals surface area (Å²) in [4.78, 5) is 0. The van der Waals surface area contributed by atoms with Crippen molar-refractivity contribution in [2.24, 2.45) is 7.05 Å². The first-order valence-electron chi connectivity index (χ1n) is 9.28. The van der Waals surface area contributed by atoms with E-state index in [1.54, 1.807) is 0 Å². The van der Waals surface area contributed by atoms with E-state index in [1.165, 1.54) is 79.9 Å². The number of hydrogen-bond donors (Lipinski definition) is 0. The van der Waals surface area contributed by atoms with E-state index in [2.05, 4.69) is 60.2 Å². The fourth-order valence-corrected chi connectivity index (χ4v) is 3.62. The number of nitrogens with zero attached hydrogens (tertiary/aromatic N) is 1. The zero-order valence-corrected chi connectivity index (χ0v) is 14.4. The third-order valence-electron chi connectivity index (χ3n) is 4.99. The lowest BCUT2D eigenvalue weighted by Gasteiger charge is -2.01. The second kappa shape index (κ2) is 8.19. The van der Waals surface area contributed by atoms with E-state index >= 15 is 0 Å². The number of aryl methyl sites for hydroxylation is 1. The Morgan fingerprint density at radius 3 is 2.09 bits per heavy atom. The molecule has 0 N–H and O–H groups in total. The van der Waals surface area contributed by atoms with Crippen LogP contribution in [-0.4, -0.2) is 4.57 Å². The maximum absolute atomic E-state index is 2.37. The van der Waals surface area contributed by atoms with Crippen LogP contribution in [0.1, 0.15) is 69.0 Å². The lowest BCUT2D eigenvalue weighted by Crippen LogP contribution is -1.91. The number of hydrogen-bond acceptors (Lipinski definition) is 0. The molecule has 1 aliphatic rings. The van der Waals surface area contributed by atoms with E-state index in [0.29, 0.717) is 0 Å². The van der Waals surface area contributed by atoms with E-state index in [0.717, 1.165) is 0 Å². The third-order valence-corrected chi connectivity index (χ3v) is 4.99. The highest BCUT2D eigenvalue weighted by Crippen LogP contribution is 2.28. The molecule has 0 fully saturated rings. The lowest BCUT2D eigenvalue weighted by atomic mass is 10.1. The molecule has 0 aliphatic heterocycles. The summed E-state index contributed by atoms with van der Waals surface area (Å²) < 4.78 is 2.34. The largest absolute Gasteiger partial charge is 0.344 e. The van der Waals surface area contributed by atoms with E-state index in [9.17, 15) is 0 Å². The summed E-state index contributed by atoms with van der Waals surface area (Å²) in [6.07, 6.45) is 21.5. The van der Waals surface area contributed by atoms with Crippen LogP contribution in [0.2, 0.25) is 0 Å². The number of allylic oxidation sites excluding steroid dienone is 2. The molecule has 0 radical (unpaired) electrons. The minimum Gasteiger partial charge on any atom is -0.344 e. The first-order chi connectivity index (χ1) is 11.4. The Kier molecular flexibility index (Phi) is 5.74. The molecular weight excluding hydrogens is 278 g/mol. The molecule has 0 spiro atoms. The SMILES string of the molecule is Cn1c2c(c3ccccc31)/C=C\CCCCCCCCC/C=C\2. The van der Waals surface area contributed by atoms with E-state index in [4.69, 9.17) is 0 Å². The average molecular weight is 307 g/mol. The van der Waals surface area contributed by atoms with E-state index < -0.39 is 0 Å². The first kappa shape index (κ1) is 16.1. The zero-order chi connectivity index (χ0) is 15.9. The predicted octanol–water partition coefficient (Wildman–Crippen LogP) is 6.73. The van der Waals surface area contributed by atoms with Crippen molar-refractivity contribution in [2.45, 2.75) is 57.8 Å². The van der Waals surface area contributed by atoms with Gasteiger partial charge in [-0.15, -0.1) is 0 Å². The monoisotopic (exact) mass is 307 g/mol. The van der Waals surface area contributed by atoms with Crippen LogP contribution in [0.3, 0.4) is 0 Å². The highest BCUT2D eigenvalue weighted by atomic mass is 14.9. The normalized spacial score (nSPS) is 20.4. The van der Waals surface area contributed by atoms with Crippen molar-refractivity contribution in [1.82, 2.24) is 4.57 Å². The van der Waals surface area contributed by atoms with Crippen molar-refractivity contribution in [2.75, 3.05) is 0 Å². The summed E-state index contributed by atoms with van der Waals surface area (Å²) in [6.45, 7) is 0. The van der Waals surface area contributed by atoms with Crippen LogP contribution in [0.5, 0.6) is 0 Å². The maximum Gasteiger partial charge on any atom is 0.0488 e. The Bertz CT molecular complexity index is 687. The van der Waals surface area contributed by atoms with Crippen molar-refractivity contribution in [3.05, 3.63) is 47.7 Å². The van der Waals surface area contributed by atoms with Gasteiger partial charge in [-0.1, -0.05) is 68.5 Å². The Morgan fingerprint density at radius 1 is 0.739 bits per heavy atom. The molecule has 0 bridgehead atoms. The molecule has 0 saturated heterocycles. The Morgan fingerprint density at radius 2 is 1.35 bits per heavy atom. The molecule has 122 valence electrons. The summed E-state index contributed by atoms with van der Waals surface area (Å²) in [5, 5.41) is 1.37. The number of aromatic nitrogens is 1. The number of benzene rings is 1. The summed E-state index contributed by atoms with van der Waals surface area (Å²) in [6, 6.07) is 8.76. The van der Waals surface area contributed by atoms with Crippen molar-refractivity contribution in [3.8, 4) is 0 Å². The molecule has 1 nitrogen and oxygen atoms in total. The Labute approximate surface area is 140 Å². The molecule has 1 aromatic carbocycles. The fourth-order valence-electron chi connectivity index (χ4n) is 3.62. The number of fused-ring (bicyclic) bond motifs is 3. The standard InChI is InChI=1S/C22H29N/c1-23-21-17-12-10-8-6-4-2-3-5-7-9-11-15-19(21)20-16-13-14-18-22(20)23/h11-18H,2-10H2,1H3/b15-11-,17-12-. The van der Waals surface area contributed by atoms with Gasteiger partial charge in [0.2, 0.25) is 0 Å². The van der Waals surface area contributed by atoms with Crippen LogP contribution in [0.25, 0.3) is 23.1 Å². The molecule has 0 saturated carbocycles. The molecule has 0 amide bonds. The minimum atomic E-state index is 1.20. The van der Waals surface area contributed by atoms with E-state index in [1.807, 2.05) is 0 Å². The Hall–Kier alpha value is -1.76. The van der Waals surface area contributed by atoms with Crippen LogP contribution >= 0.6 is 0 Å². The van der Waals surface area contributed by atoms with Gasteiger partial charge in [-0.2, -0.15) is 0 Å². The van der Waals surface area contributed by atoms with Gasteiger partial charge in [0, 0.05) is 29.2 Å². The maximum atomic E-state index is 2.37. The quantitative estimate of drug-likeness (QED) is 0.508. The fraction of sp³-hybridized carbons (Fsp3) is 0.455. The molecule has 1 heterocycles. The van der Waals surface area contributed by atoms with Gasteiger partial charge in [-0.25, -0.2) is 0 Å². The second-order valence-electron chi connectivity index (χ2n) is 6.73. The topological polar surface area (TPSA) is 4.93 Å². The molecule has 1 aliphatic carbocycles. The molecule has 2 aromatic rings. The lowest BCUT2D eigenvalue weighted by molar-refractivity contribution is 0.584. The van der Waals surface area contributed by atoms with Gasteiger partial charge in [-0.3, -0.25) is 0 Å². The molecule has 0 atom stereocenters. The molecule has 1 aromatic heterocycles. The molecular formula is C22H29N. The van der Waals surface area contributed by atoms with Crippen LogP contribution < -0.4 is 0 Å². The highest BCUT2D eigenvalue weighted by molar-refractivity contribution is 5.93. The van der Waals surface area contributed by atoms with Crippen molar-refractivity contribution >= 4 is 23.1 Å². The molecule has 3 rings (SSSR count). The Balaban J connectivity index is 1.94. The smallest absolute Gasteiger partial charge is 0.0488 e. The van der Waals surface area contributed by atoms with Gasteiger partial charge in [-0.05, 0) is 37.8 Å². The average Bonchev–Trinajstić information content (AvgIpc) is 2.83. The van der Waals surface area contributed by atoms with Gasteiger partial charge in [0.15, 0.2) is 0 Å². The van der Waals surface area contributed by atoms with Crippen LogP contribution in [0.15, 0.2) is 36.4 Å². The summed E-state index contributed by atoms with van der Waals surface area (Å²) in [7, 11) is 2.19. The predicted molar refractivity (Wildman–Crippen MR) is 103 cm³/mol. The number of para-hydroxylation sites is 1. The third kappa shape index (κ3) is 3.96. The van der Waals surface area contributed by atoms with Gasteiger partial charge in [0.1, 0.15) is 0 Å². The zero-order valence-electron chi connectivity index (χ0n) is 14.4. The van der Waals surface area contributed by atoms with Crippen LogP contribution in [0.4, 0.5) is 0 Å². The van der Waals surface area contributed by atoms with Crippen LogP contribution in [-0.2, 0) is 7.05 Å². The van der Waals surface area contributed by atoms with Crippen molar-refractivity contribution in [3.63, 3.8) is 0 Å². The van der Waals surface area contributed by atoms with Crippen LogP contribution in [0, 0.1) is 0 Å². The first-order valence-corrected chi connectivity index (χ1v) is 9.28. The van der Waals surface area contributed by atoms with Crippen molar-refractivity contribution in [1.29, 1.82) is 0 Å². The number of rotatable bonds is 0. The summed E-state index contributed by atoms with van der Waals surface area (Å²) in [5.41, 5.74) is 4.06. The second-order valence-corrected chi connectivity index (χ2v) is 6.73. The van der Waals surface area contributed by atoms with E-state index in [-0.39, 0.29) is 0 Å². The summed E-state index contributed by atoms with van der Waals surface area (Å²) in [5.74, 6) is 0. The molecule has 1 heteroatoms. The van der Waals surface area contributed by atoms with Gasteiger partial charge < -0.3 is 4.57 Å². The molecule has 23 heavy (non-hydrogen) atoms. The van der Waals surface area contributed by atoms with Gasteiger partial charge >= 0.3 is 0 Å². The van der Waals surface area contributed by atoms with Crippen molar-refractivity contribution < 1.29 is 0 Å². The van der Waals surface area contributed by atoms with Gasteiger partial charge in [0.25, 0.3) is 0 Å².